The van der Waals surface area contributed by atoms with Crippen LogP contribution in [-0.4, -0.2) is 9.78 Å². The Hall–Kier alpha value is -1.07. The highest BCUT2D eigenvalue weighted by molar-refractivity contribution is 6.35. The predicted molar refractivity (Wildman–Crippen MR) is 73.4 cm³/mol. The van der Waals surface area contributed by atoms with Crippen molar-refractivity contribution in [3.05, 3.63) is 51.8 Å². The molecular formula is C12H14Cl2N4. The number of aryl methyl sites for hydroxylation is 1. The molecule has 1 aromatic heterocycles. The lowest BCUT2D eigenvalue weighted by Crippen LogP contribution is -2.29. The van der Waals surface area contributed by atoms with E-state index in [4.69, 9.17) is 29.0 Å². The molecule has 1 aromatic carbocycles. The second-order valence-corrected chi connectivity index (χ2v) is 4.96. The van der Waals surface area contributed by atoms with Crippen molar-refractivity contribution in [1.29, 1.82) is 0 Å². The third-order valence-electron chi connectivity index (χ3n) is 2.74. The zero-order valence-corrected chi connectivity index (χ0v) is 11.4. The molecule has 0 amide bonds. The Bertz CT molecular complexity index is 539. The van der Waals surface area contributed by atoms with Gasteiger partial charge in [0.2, 0.25) is 0 Å². The fraction of sp³-hybridized carbons (Fsp3) is 0.250. The molecule has 1 unspecified atom stereocenters. The van der Waals surface area contributed by atoms with Crippen molar-refractivity contribution in [3.8, 4) is 0 Å². The van der Waals surface area contributed by atoms with Gasteiger partial charge in [0.1, 0.15) is 0 Å². The molecule has 1 atom stereocenters. The SMILES string of the molecule is Cn1cc(CC(NN)c2ccc(Cl)cc2Cl)cn1. The minimum atomic E-state index is -0.0704. The summed E-state index contributed by atoms with van der Waals surface area (Å²) in [5.74, 6) is 5.60. The summed E-state index contributed by atoms with van der Waals surface area (Å²) in [4.78, 5) is 0. The van der Waals surface area contributed by atoms with E-state index in [-0.39, 0.29) is 6.04 Å². The lowest BCUT2D eigenvalue weighted by molar-refractivity contribution is 0.552. The van der Waals surface area contributed by atoms with Crippen molar-refractivity contribution in [2.24, 2.45) is 12.9 Å². The Labute approximate surface area is 116 Å². The maximum absolute atomic E-state index is 6.17. The average Bonchev–Trinajstić information content (AvgIpc) is 2.72. The predicted octanol–water partition coefficient (Wildman–Crippen LogP) is 2.47. The van der Waals surface area contributed by atoms with Gasteiger partial charge in [0.15, 0.2) is 0 Å². The van der Waals surface area contributed by atoms with E-state index in [1.165, 1.54) is 0 Å². The molecule has 18 heavy (non-hydrogen) atoms. The fourth-order valence-corrected chi connectivity index (χ4v) is 2.40. The molecule has 1 heterocycles. The molecule has 6 heteroatoms. The number of hydrogen-bond donors (Lipinski definition) is 2. The van der Waals surface area contributed by atoms with Gasteiger partial charge in [0, 0.05) is 23.3 Å². The van der Waals surface area contributed by atoms with Crippen LogP contribution in [0.3, 0.4) is 0 Å². The van der Waals surface area contributed by atoms with Crippen LogP contribution < -0.4 is 11.3 Å². The van der Waals surface area contributed by atoms with E-state index in [0.717, 1.165) is 11.1 Å². The van der Waals surface area contributed by atoms with Crippen LogP contribution in [0.15, 0.2) is 30.6 Å². The molecular weight excluding hydrogens is 271 g/mol. The topological polar surface area (TPSA) is 55.9 Å². The monoisotopic (exact) mass is 284 g/mol. The van der Waals surface area contributed by atoms with Crippen LogP contribution in [0.5, 0.6) is 0 Å². The highest BCUT2D eigenvalue weighted by Crippen LogP contribution is 2.27. The summed E-state index contributed by atoms with van der Waals surface area (Å²) >= 11 is 12.1. The van der Waals surface area contributed by atoms with Gasteiger partial charge >= 0.3 is 0 Å². The molecule has 0 aliphatic rings. The summed E-state index contributed by atoms with van der Waals surface area (Å²) in [6, 6.07) is 5.33. The first-order valence-electron chi connectivity index (χ1n) is 5.48. The lowest BCUT2D eigenvalue weighted by atomic mass is 10.0. The van der Waals surface area contributed by atoms with E-state index in [9.17, 15) is 0 Å². The Morgan fingerprint density at radius 1 is 1.44 bits per heavy atom. The van der Waals surface area contributed by atoms with Crippen LogP contribution in [0.2, 0.25) is 10.0 Å². The van der Waals surface area contributed by atoms with E-state index in [2.05, 4.69) is 10.5 Å². The van der Waals surface area contributed by atoms with Crippen LogP contribution in [0.25, 0.3) is 0 Å². The highest BCUT2D eigenvalue weighted by Gasteiger charge is 2.15. The van der Waals surface area contributed by atoms with Gasteiger partial charge in [-0.3, -0.25) is 16.0 Å². The van der Waals surface area contributed by atoms with E-state index < -0.39 is 0 Å². The number of hydrogen-bond acceptors (Lipinski definition) is 3. The van der Waals surface area contributed by atoms with Crippen molar-refractivity contribution in [1.82, 2.24) is 15.2 Å². The van der Waals surface area contributed by atoms with E-state index in [1.807, 2.05) is 25.5 Å². The molecule has 0 aliphatic heterocycles. The van der Waals surface area contributed by atoms with Gasteiger partial charge in [-0.25, -0.2) is 0 Å². The van der Waals surface area contributed by atoms with E-state index in [0.29, 0.717) is 16.5 Å². The largest absolute Gasteiger partial charge is 0.276 e. The number of nitrogens with zero attached hydrogens (tertiary/aromatic N) is 2. The first-order valence-corrected chi connectivity index (χ1v) is 6.24. The Morgan fingerprint density at radius 3 is 2.78 bits per heavy atom. The zero-order chi connectivity index (χ0) is 13.1. The lowest BCUT2D eigenvalue weighted by Gasteiger charge is -2.17. The Kier molecular flexibility index (Phi) is 4.24. The normalized spacial score (nSPS) is 12.7. The molecule has 0 bridgehead atoms. The minimum Gasteiger partial charge on any atom is -0.276 e. The smallest absolute Gasteiger partial charge is 0.0522 e. The number of rotatable bonds is 4. The second kappa shape index (κ2) is 5.71. The Morgan fingerprint density at radius 2 is 2.22 bits per heavy atom. The quantitative estimate of drug-likeness (QED) is 0.670. The third kappa shape index (κ3) is 3.03. The highest BCUT2D eigenvalue weighted by atomic mass is 35.5. The van der Waals surface area contributed by atoms with Gasteiger partial charge in [-0.1, -0.05) is 29.3 Å². The molecule has 96 valence electrons. The molecule has 4 nitrogen and oxygen atoms in total. The summed E-state index contributed by atoms with van der Waals surface area (Å²) in [6.45, 7) is 0. The maximum Gasteiger partial charge on any atom is 0.0522 e. The summed E-state index contributed by atoms with van der Waals surface area (Å²) < 4.78 is 1.76. The molecule has 2 aromatic rings. The van der Waals surface area contributed by atoms with Crippen LogP contribution in [0, 0.1) is 0 Å². The van der Waals surface area contributed by atoms with Gasteiger partial charge in [-0.05, 0) is 29.7 Å². The molecule has 0 spiro atoms. The number of aromatic nitrogens is 2. The summed E-state index contributed by atoms with van der Waals surface area (Å²) in [5.41, 5.74) is 4.78. The molecule has 0 radical (unpaired) electrons. The van der Waals surface area contributed by atoms with Crippen molar-refractivity contribution in [2.45, 2.75) is 12.5 Å². The van der Waals surface area contributed by atoms with Gasteiger partial charge in [0.25, 0.3) is 0 Å². The maximum atomic E-state index is 6.17. The standard InChI is InChI=1S/C12H14Cl2N4/c1-18-7-8(6-16-18)4-12(17-15)10-3-2-9(13)5-11(10)14/h2-3,5-7,12,17H,4,15H2,1H3. The van der Waals surface area contributed by atoms with Gasteiger partial charge in [0.05, 0.1) is 12.2 Å². The second-order valence-electron chi connectivity index (χ2n) is 4.11. The van der Waals surface area contributed by atoms with Crippen molar-refractivity contribution < 1.29 is 0 Å². The van der Waals surface area contributed by atoms with Crippen molar-refractivity contribution in [3.63, 3.8) is 0 Å². The minimum absolute atomic E-state index is 0.0704. The van der Waals surface area contributed by atoms with Crippen LogP contribution in [-0.2, 0) is 13.5 Å². The molecule has 0 aliphatic carbocycles. The van der Waals surface area contributed by atoms with Crippen molar-refractivity contribution >= 4 is 23.2 Å². The van der Waals surface area contributed by atoms with Crippen LogP contribution in [0.4, 0.5) is 0 Å². The summed E-state index contributed by atoms with van der Waals surface area (Å²) in [6.07, 6.45) is 4.48. The number of nitrogens with two attached hydrogens (primary N) is 1. The molecule has 0 saturated heterocycles. The van der Waals surface area contributed by atoms with E-state index >= 15 is 0 Å². The summed E-state index contributed by atoms with van der Waals surface area (Å²) in [5, 5.41) is 5.35. The van der Waals surface area contributed by atoms with Crippen molar-refractivity contribution in [2.75, 3.05) is 0 Å². The molecule has 0 fully saturated rings. The number of hydrazine groups is 1. The van der Waals surface area contributed by atoms with Crippen LogP contribution >= 0.6 is 23.2 Å². The molecule has 3 N–H and O–H groups in total. The summed E-state index contributed by atoms with van der Waals surface area (Å²) in [7, 11) is 1.88. The first kappa shape index (κ1) is 13.4. The van der Waals surface area contributed by atoms with Gasteiger partial charge in [-0.2, -0.15) is 5.10 Å². The van der Waals surface area contributed by atoms with E-state index in [1.54, 1.807) is 16.8 Å². The number of benzene rings is 1. The number of nitrogens with one attached hydrogen (secondary N) is 1. The average molecular weight is 285 g/mol. The Balaban J connectivity index is 2.22. The van der Waals surface area contributed by atoms with Gasteiger partial charge < -0.3 is 0 Å². The molecule has 2 rings (SSSR count). The first-order chi connectivity index (χ1) is 8.60. The molecule has 0 saturated carbocycles. The van der Waals surface area contributed by atoms with Gasteiger partial charge in [-0.15, -0.1) is 0 Å². The fourth-order valence-electron chi connectivity index (χ4n) is 1.86. The zero-order valence-electron chi connectivity index (χ0n) is 9.90. The number of halogens is 2. The van der Waals surface area contributed by atoms with Crippen LogP contribution in [0.1, 0.15) is 17.2 Å². The third-order valence-corrected chi connectivity index (χ3v) is 3.30.